The van der Waals surface area contributed by atoms with Gasteiger partial charge in [0.25, 0.3) is 0 Å². The molecule has 1 rings (SSSR count). The minimum Gasteiger partial charge on any atom is -0.368 e. The highest BCUT2D eigenvalue weighted by atomic mass is 16.2. The number of primary amides is 1. The zero-order chi connectivity index (χ0) is 14.3. The zero-order valence-electron chi connectivity index (χ0n) is 11.3. The van der Waals surface area contributed by atoms with Gasteiger partial charge in [0.2, 0.25) is 5.91 Å². The first kappa shape index (κ1) is 15.0. The van der Waals surface area contributed by atoms with E-state index in [1.807, 2.05) is 44.2 Å². The Balaban J connectivity index is 2.54. The first-order valence-electron chi connectivity index (χ1n) is 6.36. The van der Waals surface area contributed by atoms with E-state index in [-0.39, 0.29) is 6.03 Å². The molecule has 4 N–H and O–H groups in total. The lowest BCUT2D eigenvalue weighted by Crippen LogP contribution is -2.50. The maximum atomic E-state index is 11.6. The van der Waals surface area contributed by atoms with Gasteiger partial charge < -0.3 is 16.4 Å². The van der Waals surface area contributed by atoms with Crippen LogP contribution < -0.4 is 16.4 Å². The van der Waals surface area contributed by atoms with Crippen LogP contribution in [-0.2, 0) is 11.2 Å². The number of nitrogens with two attached hydrogens (primary N) is 1. The summed E-state index contributed by atoms with van der Waals surface area (Å²) in [4.78, 5) is 23.0. The average Bonchev–Trinajstić information content (AvgIpc) is 2.36. The number of rotatable bonds is 6. The molecule has 0 aliphatic heterocycles. The lowest BCUT2D eigenvalue weighted by atomic mass is 10.1. The van der Waals surface area contributed by atoms with E-state index in [9.17, 15) is 9.59 Å². The number of hydrogen-bond acceptors (Lipinski definition) is 2. The minimum atomic E-state index is -0.699. The quantitative estimate of drug-likeness (QED) is 0.716. The summed E-state index contributed by atoms with van der Waals surface area (Å²) in [5, 5.41) is 5.29. The van der Waals surface area contributed by atoms with E-state index in [4.69, 9.17) is 5.73 Å². The first-order chi connectivity index (χ1) is 8.99. The Morgan fingerprint density at radius 2 is 1.84 bits per heavy atom. The van der Waals surface area contributed by atoms with E-state index in [0.717, 1.165) is 5.56 Å². The van der Waals surface area contributed by atoms with Crippen LogP contribution in [0, 0.1) is 5.92 Å². The van der Waals surface area contributed by atoms with Crippen molar-refractivity contribution in [1.82, 2.24) is 10.6 Å². The Bertz CT molecular complexity index is 418. The highest BCUT2D eigenvalue weighted by Crippen LogP contribution is 2.03. The van der Waals surface area contributed by atoms with E-state index in [1.54, 1.807) is 0 Å². The molecule has 0 aliphatic rings. The highest BCUT2D eigenvalue weighted by Gasteiger charge is 2.18. The molecule has 0 heterocycles. The van der Waals surface area contributed by atoms with Crippen LogP contribution in [0.25, 0.3) is 0 Å². The molecule has 0 fully saturated rings. The molecule has 0 bridgehead atoms. The van der Waals surface area contributed by atoms with E-state index in [2.05, 4.69) is 10.6 Å². The van der Waals surface area contributed by atoms with Crippen molar-refractivity contribution in [2.24, 2.45) is 11.7 Å². The molecule has 5 heteroatoms. The molecule has 104 valence electrons. The second kappa shape index (κ2) is 7.41. The molecule has 1 atom stereocenters. The number of hydrogen-bond donors (Lipinski definition) is 3. The van der Waals surface area contributed by atoms with Gasteiger partial charge in [-0.3, -0.25) is 4.79 Å². The summed E-state index contributed by atoms with van der Waals surface area (Å²) in [6.07, 6.45) is 0.394. The molecular formula is C14H21N3O2. The van der Waals surface area contributed by atoms with E-state index in [0.29, 0.717) is 18.9 Å². The van der Waals surface area contributed by atoms with Gasteiger partial charge in [-0.2, -0.15) is 0 Å². The van der Waals surface area contributed by atoms with Gasteiger partial charge in [0.15, 0.2) is 0 Å². The fraction of sp³-hybridized carbons (Fsp3) is 0.429. The normalized spacial score (nSPS) is 11.9. The molecule has 1 aromatic carbocycles. The third-order valence-corrected chi connectivity index (χ3v) is 2.60. The number of amides is 3. The number of nitrogens with one attached hydrogen (secondary N) is 2. The van der Waals surface area contributed by atoms with Gasteiger partial charge in [-0.1, -0.05) is 44.2 Å². The summed E-state index contributed by atoms with van der Waals surface area (Å²) < 4.78 is 0. The zero-order valence-corrected chi connectivity index (χ0v) is 11.3. The molecule has 0 saturated heterocycles. The summed E-state index contributed by atoms with van der Waals surface area (Å²) in [5.41, 5.74) is 6.26. The van der Waals surface area contributed by atoms with Crippen molar-refractivity contribution in [3.8, 4) is 0 Å². The van der Waals surface area contributed by atoms with Crippen molar-refractivity contribution >= 4 is 11.9 Å². The summed E-state index contributed by atoms with van der Waals surface area (Å²) in [5.74, 6) is -0.185. The van der Waals surface area contributed by atoms with Crippen LogP contribution in [0.1, 0.15) is 19.4 Å². The molecule has 0 aromatic heterocycles. The topological polar surface area (TPSA) is 84.2 Å². The number of urea groups is 1. The predicted octanol–water partition coefficient (Wildman–Crippen LogP) is 1.04. The van der Waals surface area contributed by atoms with E-state index < -0.39 is 11.9 Å². The summed E-state index contributed by atoms with van der Waals surface area (Å²) >= 11 is 0. The molecule has 0 radical (unpaired) electrons. The molecule has 0 spiro atoms. The lowest BCUT2D eigenvalue weighted by Gasteiger charge is -2.16. The minimum absolute atomic E-state index is 0.354. The van der Waals surface area contributed by atoms with Gasteiger partial charge in [-0.05, 0) is 11.5 Å². The van der Waals surface area contributed by atoms with Crippen molar-refractivity contribution in [3.63, 3.8) is 0 Å². The Kier molecular flexibility index (Phi) is 5.85. The third kappa shape index (κ3) is 5.90. The van der Waals surface area contributed by atoms with Crippen LogP contribution in [0.15, 0.2) is 30.3 Å². The monoisotopic (exact) mass is 263 g/mol. The van der Waals surface area contributed by atoms with E-state index >= 15 is 0 Å². The molecule has 1 aromatic rings. The second-order valence-electron chi connectivity index (χ2n) is 4.89. The third-order valence-electron chi connectivity index (χ3n) is 2.60. The molecular weight excluding hydrogens is 242 g/mol. The number of carbonyl (C=O) groups is 2. The van der Waals surface area contributed by atoms with Crippen LogP contribution in [0.2, 0.25) is 0 Å². The smallest absolute Gasteiger partial charge is 0.315 e. The van der Waals surface area contributed by atoms with Crippen LogP contribution in [0.4, 0.5) is 4.79 Å². The van der Waals surface area contributed by atoms with Crippen molar-refractivity contribution in [2.45, 2.75) is 26.3 Å². The summed E-state index contributed by atoms with van der Waals surface area (Å²) in [6.45, 7) is 4.55. The SMILES string of the molecule is CC(C)CNC(=O)N[C@@H](Cc1ccccc1)C(N)=O. The molecule has 0 unspecified atom stereocenters. The molecule has 19 heavy (non-hydrogen) atoms. The maximum Gasteiger partial charge on any atom is 0.315 e. The molecule has 0 saturated carbocycles. The summed E-state index contributed by atoms with van der Waals surface area (Å²) in [7, 11) is 0. The Morgan fingerprint density at radius 1 is 1.21 bits per heavy atom. The fourth-order valence-electron chi connectivity index (χ4n) is 1.58. The van der Waals surface area contributed by atoms with Crippen LogP contribution >= 0.6 is 0 Å². The van der Waals surface area contributed by atoms with Gasteiger partial charge in [0.05, 0.1) is 0 Å². The Morgan fingerprint density at radius 3 is 2.37 bits per heavy atom. The lowest BCUT2D eigenvalue weighted by molar-refractivity contribution is -0.119. The van der Waals surface area contributed by atoms with Crippen LogP contribution in [0.5, 0.6) is 0 Å². The number of carbonyl (C=O) groups excluding carboxylic acids is 2. The maximum absolute atomic E-state index is 11.6. The average molecular weight is 263 g/mol. The van der Waals surface area contributed by atoms with Crippen molar-refractivity contribution in [2.75, 3.05) is 6.54 Å². The Labute approximate surface area is 113 Å². The predicted molar refractivity (Wildman–Crippen MR) is 74.5 cm³/mol. The molecule has 3 amide bonds. The molecule has 5 nitrogen and oxygen atoms in total. The second-order valence-corrected chi connectivity index (χ2v) is 4.89. The van der Waals surface area contributed by atoms with Crippen molar-refractivity contribution in [1.29, 1.82) is 0 Å². The van der Waals surface area contributed by atoms with E-state index in [1.165, 1.54) is 0 Å². The Hall–Kier alpha value is -2.04. The largest absolute Gasteiger partial charge is 0.368 e. The van der Waals surface area contributed by atoms with Crippen LogP contribution in [0.3, 0.4) is 0 Å². The van der Waals surface area contributed by atoms with Crippen LogP contribution in [-0.4, -0.2) is 24.5 Å². The van der Waals surface area contributed by atoms with Crippen molar-refractivity contribution < 1.29 is 9.59 Å². The molecule has 0 aliphatic carbocycles. The highest BCUT2D eigenvalue weighted by molar-refractivity contribution is 5.86. The van der Waals surface area contributed by atoms with Gasteiger partial charge in [0.1, 0.15) is 6.04 Å². The first-order valence-corrected chi connectivity index (χ1v) is 6.36. The van der Waals surface area contributed by atoms with Gasteiger partial charge in [-0.15, -0.1) is 0 Å². The standard InChI is InChI=1S/C14H21N3O2/c1-10(2)9-16-14(19)17-12(13(15)18)8-11-6-4-3-5-7-11/h3-7,10,12H,8-9H2,1-2H3,(H2,15,18)(H2,16,17,19)/t12-/m0/s1. The fourth-order valence-corrected chi connectivity index (χ4v) is 1.58. The summed E-state index contributed by atoms with van der Waals surface area (Å²) in [6, 6.07) is 8.38. The number of benzene rings is 1. The van der Waals surface area contributed by atoms with Gasteiger partial charge in [0, 0.05) is 13.0 Å². The van der Waals surface area contributed by atoms with Gasteiger partial charge >= 0.3 is 6.03 Å². The van der Waals surface area contributed by atoms with Gasteiger partial charge in [-0.25, -0.2) is 4.79 Å². The van der Waals surface area contributed by atoms with Crippen molar-refractivity contribution in [3.05, 3.63) is 35.9 Å².